The molecule has 0 saturated heterocycles. The summed E-state index contributed by atoms with van der Waals surface area (Å²) in [4.78, 5) is 11.4. The van der Waals surface area contributed by atoms with E-state index in [9.17, 15) is 9.90 Å². The zero-order valence-corrected chi connectivity index (χ0v) is 8.84. The highest BCUT2D eigenvalue weighted by Crippen LogP contribution is 2.29. The molecule has 0 aromatic heterocycles. The molecule has 1 aromatic carbocycles. The molecule has 4 heteroatoms. The average Bonchev–Trinajstić information content (AvgIpc) is 2.70. The summed E-state index contributed by atoms with van der Waals surface area (Å²) in [6.45, 7) is 0.0918. The minimum atomic E-state index is -0.994. The molecule has 0 bridgehead atoms. The second kappa shape index (κ2) is 4.37. The van der Waals surface area contributed by atoms with Crippen molar-refractivity contribution < 1.29 is 19.4 Å². The zero-order chi connectivity index (χ0) is 11.5. The van der Waals surface area contributed by atoms with Gasteiger partial charge in [-0.2, -0.15) is 0 Å². The van der Waals surface area contributed by atoms with Gasteiger partial charge in [0.05, 0.1) is 7.11 Å². The predicted octanol–water partition coefficient (Wildman–Crippen LogP) is 1.18. The summed E-state index contributed by atoms with van der Waals surface area (Å²) < 4.78 is 9.82. The molecule has 0 aliphatic carbocycles. The highest BCUT2D eigenvalue weighted by molar-refractivity contribution is 5.92. The van der Waals surface area contributed by atoms with Gasteiger partial charge in [-0.3, -0.25) is 0 Å². The van der Waals surface area contributed by atoms with E-state index in [4.69, 9.17) is 9.47 Å². The Morgan fingerprint density at radius 2 is 2.06 bits per heavy atom. The first kappa shape index (κ1) is 10.7. The highest BCUT2D eigenvalue weighted by Gasteiger charge is 2.32. The van der Waals surface area contributed by atoms with Crippen LogP contribution in [0.25, 0.3) is 0 Å². The van der Waals surface area contributed by atoms with Gasteiger partial charge in [0.2, 0.25) is 0 Å². The Bertz CT molecular complexity index is 422. The third kappa shape index (κ3) is 1.79. The molecule has 1 heterocycles. The van der Waals surface area contributed by atoms with Gasteiger partial charge in [-0.05, 0) is 5.56 Å². The van der Waals surface area contributed by atoms with Gasteiger partial charge in [-0.15, -0.1) is 0 Å². The van der Waals surface area contributed by atoms with Crippen molar-refractivity contribution >= 4 is 5.97 Å². The van der Waals surface area contributed by atoms with Gasteiger partial charge in [0.15, 0.2) is 0 Å². The molecule has 0 fully saturated rings. The van der Waals surface area contributed by atoms with E-state index < -0.39 is 12.1 Å². The van der Waals surface area contributed by atoms with Crippen LogP contribution in [-0.2, 0) is 14.3 Å². The van der Waals surface area contributed by atoms with Crippen LogP contribution in [0.15, 0.2) is 41.7 Å². The first-order chi connectivity index (χ1) is 7.74. The Kier molecular flexibility index (Phi) is 2.92. The van der Waals surface area contributed by atoms with Crippen LogP contribution in [0.5, 0.6) is 0 Å². The molecule has 1 unspecified atom stereocenters. The minimum Gasteiger partial charge on any atom is -0.497 e. The summed E-state index contributed by atoms with van der Waals surface area (Å²) >= 11 is 0. The lowest BCUT2D eigenvalue weighted by Gasteiger charge is -2.10. The first-order valence-electron chi connectivity index (χ1n) is 4.91. The third-order valence-corrected chi connectivity index (χ3v) is 2.49. The molecule has 0 spiro atoms. The number of carbonyl (C=O) groups is 1. The van der Waals surface area contributed by atoms with Gasteiger partial charge in [0, 0.05) is 0 Å². The zero-order valence-electron chi connectivity index (χ0n) is 8.84. The van der Waals surface area contributed by atoms with Gasteiger partial charge >= 0.3 is 5.97 Å². The molecule has 1 aliphatic rings. The Labute approximate surface area is 93.1 Å². The van der Waals surface area contributed by atoms with Crippen LogP contribution in [0.3, 0.4) is 0 Å². The molecule has 0 saturated carbocycles. The molecular formula is C12H12O4. The Hall–Kier alpha value is -1.81. The van der Waals surface area contributed by atoms with Crippen molar-refractivity contribution in [3.05, 3.63) is 47.2 Å². The number of esters is 1. The summed E-state index contributed by atoms with van der Waals surface area (Å²) in [7, 11) is 1.45. The maximum Gasteiger partial charge on any atom is 0.341 e. The summed E-state index contributed by atoms with van der Waals surface area (Å²) in [5, 5.41) is 10.1. The van der Waals surface area contributed by atoms with Crippen molar-refractivity contribution in [2.45, 2.75) is 6.10 Å². The van der Waals surface area contributed by atoms with Crippen molar-refractivity contribution in [3.63, 3.8) is 0 Å². The number of aliphatic hydroxyl groups is 1. The van der Waals surface area contributed by atoms with Gasteiger partial charge in [-0.25, -0.2) is 4.79 Å². The van der Waals surface area contributed by atoms with E-state index >= 15 is 0 Å². The van der Waals surface area contributed by atoms with Gasteiger partial charge in [0.1, 0.15) is 24.0 Å². The summed E-state index contributed by atoms with van der Waals surface area (Å²) in [5.74, 6) is -0.130. The molecule has 16 heavy (non-hydrogen) atoms. The van der Waals surface area contributed by atoms with Crippen LogP contribution in [-0.4, -0.2) is 24.8 Å². The smallest absolute Gasteiger partial charge is 0.341 e. The van der Waals surface area contributed by atoms with E-state index in [0.717, 1.165) is 0 Å². The lowest BCUT2D eigenvalue weighted by molar-refractivity contribution is -0.137. The van der Waals surface area contributed by atoms with Crippen LogP contribution >= 0.6 is 0 Å². The molecule has 2 rings (SSSR count). The van der Waals surface area contributed by atoms with Crippen LogP contribution in [0.2, 0.25) is 0 Å². The fraction of sp³-hybridized carbons (Fsp3) is 0.250. The quantitative estimate of drug-likeness (QED) is 0.777. The molecule has 1 N–H and O–H groups in total. The number of hydrogen-bond acceptors (Lipinski definition) is 4. The van der Waals surface area contributed by atoms with Crippen molar-refractivity contribution in [2.75, 3.05) is 13.7 Å². The van der Waals surface area contributed by atoms with E-state index in [1.807, 2.05) is 6.07 Å². The largest absolute Gasteiger partial charge is 0.497 e. The maximum atomic E-state index is 11.4. The van der Waals surface area contributed by atoms with E-state index in [0.29, 0.717) is 11.3 Å². The summed E-state index contributed by atoms with van der Waals surface area (Å²) in [6.07, 6.45) is -0.994. The molecule has 1 atom stereocenters. The van der Waals surface area contributed by atoms with Crippen LogP contribution in [0, 0.1) is 0 Å². The molecular weight excluding hydrogens is 208 g/mol. The predicted molar refractivity (Wildman–Crippen MR) is 56.4 cm³/mol. The second-order valence-corrected chi connectivity index (χ2v) is 3.43. The summed E-state index contributed by atoms with van der Waals surface area (Å²) in [6, 6.07) is 8.93. The van der Waals surface area contributed by atoms with Crippen molar-refractivity contribution in [1.82, 2.24) is 0 Å². The summed E-state index contributed by atoms with van der Waals surface area (Å²) in [5.41, 5.74) is 0.833. The second-order valence-electron chi connectivity index (χ2n) is 3.43. The number of aliphatic hydroxyl groups excluding tert-OH is 1. The van der Waals surface area contributed by atoms with Crippen LogP contribution in [0.1, 0.15) is 11.7 Å². The first-order valence-corrected chi connectivity index (χ1v) is 4.91. The van der Waals surface area contributed by atoms with Crippen molar-refractivity contribution in [2.24, 2.45) is 0 Å². The number of carbonyl (C=O) groups excluding carboxylic acids is 1. The lowest BCUT2D eigenvalue weighted by Crippen LogP contribution is -2.10. The Morgan fingerprint density at radius 1 is 1.38 bits per heavy atom. The van der Waals surface area contributed by atoms with Crippen molar-refractivity contribution in [1.29, 1.82) is 0 Å². The van der Waals surface area contributed by atoms with Crippen LogP contribution < -0.4 is 0 Å². The van der Waals surface area contributed by atoms with E-state index in [1.165, 1.54) is 7.11 Å². The minimum absolute atomic E-state index is 0.0918. The lowest BCUT2D eigenvalue weighted by atomic mass is 10.0. The highest BCUT2D eigenvalue weighted by atomic mass is 16.6. The third-order valence-electron chi connectivity index (χ3n) is 2.49. The number of cyclic esters (lactones) is 1. The SMILES string of the molecule is COC1=C(C(O)c2ccccc2)C(=O)OC1. The van der Waals surface area contributed by atoms with Gasteiger partial charge in [-0.1, -0.05) is 30.3 Å². The number of methoxy groups -OCH3 is 1. The molecule has 0 radical (unpaired) electrons. The monoisotopic (exact) mass is 220 g/mol. The molecule has 1 aliphatic heterocycles. The van der Waals surface area contributed by atoms with E-state index in [-0.39, 0.29) is 12.2 Å². The number of benzene rings is 1. The fourth-order valence-electron chi connectivity index (χ4n) is 1.64. The standard InChI is InChI=1S/C12H12O4/c1-15-9-7-16-12(14)10(9)11(13)8-5-3-2-4-6-8/h2-6,11,13H,7H2,1H3. The van der Waals surface area contributed by atoms with Crippen molar-refractivity contribution in [3.8, 4) is 0 Å². The average molecular weight is 220 g/mol. The fourth-order valence-corrected chi connectivity index (χ4v) is 1.64. The number of ether oxygens (including phenoxy) is 2. The molecule has 4 nitrogen and oxygen atoms in total. The Balaban J connectivity index is 2.34. The Morgan fingerprint density at radius 3 is 2.69 bits per heavy atom. The van der Waals surface area contributed by atoms with Gasteiger partial charge in [0.25, 0.3) is 0 Å². The molecule has 84 valence electrons. The topological polar surface area (TPSA) is 55.8 Å². The normalized spacial score (nSPS) is 17.2. The number of rotatable bonds is 3. The number of hydrogen-bond donors (Lipinski definition) is 1. The maximum absolute atomic E-state index is 11.4. The van der Waals surface area contributed by atoms with E-state index in [1.54, 1.807) is 24.3 Å². The van der Waals surface area contributed by atoms with Crippen LogP contribution in [0.4, 0.5) is 0 Å². The molecule has 0 amide bonds. The van der Waals surface area contributed by atoms with Gasteiger partial charge < -0.3 is 14.6 Å². The van der Waals surface area contributed by atoms with E-state index in [2.05, 4.69) is 0 Å². The molecule has 1 aromatic rings.